The Bertz CT molecular complexity index is 617. The monoisotopic (exact) mass is 350 g/mol. The topological polar surface area (TPSA) is 56.5 Å². The second-order valence-electron chi connectivity index (χ2n) is 4.58. The summed E-state index contributed by atoms with van der Waals surface area (Å²) in [5.41, 5.74) is 8.40. The van der Waals surface area contributed by atoms with E-state index in [-0.39, 0.29) is 0 Å². The number of nitrogens with one attached hydrogen (secondary N) is 1. The molecule has 0 fully saturated rings. The van der Waals surface area contributed by atoms with Crippen LogP contribution in [0.1, 0.15) is 13.3 Å². The van der Waals surface area contributed by atoms with Crippen molar-refractivity contribution in [1.29, 1.82) is 0 Å². The van der Waals surface area contributed by atoms with Gasteiger partial charge in [0.05, 0.1) is 23.9 Å². The van der Waals surface area contributed by atoms with E-state index in [9.17, 15) is 0 Å². The molecule has 0 atom stereocenters. The predicted octanol–water partition coefficient (Wildman–Crippen LogP) is 4.57. The third kappa shape index (κ3) is 4.04. The number of hydrogen-bond donors (Lipinski definition) is 2. The third-order valence-corrected chi connectivity index (χ3v) is 3.57. The summed E-state index contributed by atoms with van der Waals surface area (Å²) in [6, 6.07) is 11.5. The van der Waals surface area contributed by atoms with Crippen molar-refractivity contribution < 1.29 is 9.47 Å². The van der Waals surface area contributed by atoms with Crippen molar-refractivity contribution in [2.75, 3.05) is 24.8 Å². The number of hydrogen-bond acceptors (Lipinski definition) is 4. The number of ether oxygens (including phenoxy) is 2. The Morgan fingerprint density at radius 2 is 1.76 bits per heavy atom. The van der Waals surface area contributed by atoms with Gasteiger partial charge in [-0.2, -0.15) is 0 Å². The van der Waals surface area contributed by atoms with Gasteiger partial charge >= 0.3 is 0 Å². The molecule has 0 heterocycles. The summed E-state index contributed by atoms with van der Waals surface area (Å²) in [6.07, 6.45) is 0.945. The first-order valence-corrected chi connectivity index (χ1v) is 7.56. The molecule has 0 bridgehead atoms. The minimum atomic E-state index is 0.641. The Balaban J connectivity index is 2.19. The Morgan fingerprint density at radius 3 is 2.43 bits per heavy atom. The molecule has 0 aliphatic carbocycles. The highest BCUT2D eigenvalue weighted by molar-refractivity contribution is 9.10. The number of nitrogens with two attached hydrogens (primary N) is 1. The van der Waals surface area contributed by atoms with Crippen LogP contribution < -0.4 is 20.5 Å². The third-order valence-electron chi connectivity index (χ3n) is 2.92. The van der Waals surface area contributed by atoms with Gasteiger partial charge in [0.1, 0.15) is 11.5 Å². The molecule has 2 aromatic carbocycles. The van der Waals surface area contributed by atoms with E-state index < -0.39 is 0 Å². The van der Waals surface area contributed by atoms with Crippen molar-refractivity contribution in [2.24, 2.45) is 0 Å². The first-order valence-electron chi connectivity index (χ1n) is 6.77. The van der Waals surface area contributed by atoms with Crippen LogP contribution in [0.5, 0.6) is 11.5 Å². The van der Waals surface area contributed by atoms with E-state index >= 15 is 0 Å². The van der Waals surface area contributed by atoms with Gasteiger partial charge in [0, 0.05) is 23.5 Å². The highest BCUT2D eigenvalue weighted by Crippen LogP contribution is 2.31. The van der Waals surface area contributed by atoms with Gasteiger partial charge in [-0.05, 0) is 46.6 Å². The van der Waals surface area contributed by atoms with Crippen LogP contribution in [0.25, 0.3) is 0 Å². The Morgan fingerprint density at radius 1 is 1.10 bits per heavy atom. The summed E-state index contributed by atoms with van der Waals surface area (Å²) in [4.78, 5) is 0. The fourth-order valence-corrected chi connectivity index (χ4v) is 2.26. The van der Waals surface area contributed by atoms with E-state index in [1.807, 2.05) is 36.4 Å². The highest BCUT2D eigenvalue weighted by Gasteiger charge is 2.05. The molecule has 0 radical (unpaired) electrons. The number of nitrogen functional groups attached to an aromatic ring is 1. The lowest BCUT2D eigenvalue weighted by Gasteiger charge is -2.13. The van der Waals surface area contributed by atoms with Gasteiger partial charge in [-0.1, -0.05) is 6.92 Å². The molecule has 5 heteroatoms. The lowest BCUT2D eigenvalue weighted by Crippen LogP contribution is -2.00. The molecular weight excluding hydrogens is 332 g/mol. The molecule has 0 aromatic heterocycles. The molecular formula is C16H19BrN2O2. The van der Waals surface area contributed by atoms with Gasteiger partial charge in [-0.3, -0.25) is 0 Å². The fourth-order valence-electron chi connectivity index (χ4n) is 1.85. The number of benzene rings is 2. The maximum atomic E-state index is 5.91. The summed E-state index contributed by atoms with van der Waals surface area (Å²) < 4.78 is 11.8. The van der Waals surface area contributed by atoms with Gasteiger partial charge in [0.2, 0.25) is 0 Å². The van der Waals surface area contributed by atoms with E-state index in [1.165, 1.54) is 0 Å². The molecule has 0 aliphatic rings. The largest absolute Gasteiger partial charge is 0.495 e. The average molecular weight is 351 g/mol. The molecule has 2 aromatic rings. The van der Waals surface area contributed by atoms with Crippen LogP contribution in [0.3, 0.4) is 0 Å². The molecule has 0 saturated carbocycles. The Kier molecular flexibility index (Phi) is 5.33. The van der Waals surface area contributed by atoms with Crippen LogP contribution in [0.15, 0.2) is 40.9 Å². The number of methoxy groups -OCH3 is 1. The molecule has 0 unspecified atom stereocenters. The van der Waals surface area contributed by atoms with Crippen LogP contribution in [0.4, 0.5) is 17.1 Å². The molecule has 0 spiro atoms. The first kappa shape index (κ1) is 15.5. The summed E-state index contributed by atoms with van der Waals surface area (Å²) in [5.74, 6) is 1.48. The maximum absolute atomic E-state index is 5.91. The summed E-state index contributed by atoms with van der Waals surface area (Å²) in [7, 11) is 1.64. The number of rotatable bonds is 6. The van der Waals surface area contributed by atoms with Crippen LogP contribution in [0.2, 0.25) is 0 Å². The molecule has 0 saturated heterocycles. The lowest BCUT2D eigenvalue weighted by molar-refractivity contribution is 0.319. The SMILES string of the molecule is CCCOc1cc(Nc2ccc(Br)c(OC)c2)ccc1N. The summed E-state index contributed by atoms with van der Waals surface area (Å²) in [6.45, 7) is 2.71. The van der Waals surface area contributed by atoms with Crippen molar-refractivity contribution in [1.82, 2.24) is 0 Å². The molecule has 0 aliphatic heterocycles. The van der Waals surface area contributed by atoms with E-state index in [0.29, 0.717) is 18.0 Å². The standard InChI is InChI=1S/C16H19BrN2O2/c1-3-8-21-16-10-12(5-7-14(16)18)19-11-4-6-13(17)15(9-11)20-2/h4-7,9-10,19H,3,8,18H2,1-2H3. The first-order chi connectivity index (χ1) is 10.1. The minimum absolute atomic E-state index is 0.641. The normalized spacial score (nSPS) is 10.2. The van der Waals surface area contributed by atoms with Crippen molar-refractivity contribution in [3.05, 3.63) is 40.9 Å². The molecule has 2 rings (SSSR count). The summed E-state index contributed by atoms with van der Waals surface area (Å²) >= 11 is 3.44. The smallest absolute Gasteiger partial charge is 0.144 e. The van der Waals surface area contributed by atoms with Crippen LogP contribution in [-0.2, 0) is 0 Å². The minimum Gasteiger partial charge on any atom is -0.495 e. The van der Waals surface area contributed by atoms with Gasteiger partial charge < -0.3 is 20.5 Å². The van der Waals surface area contributed by atoms with Crippen molar-refractivity contribution >= 4 is 33.0 Å². The second-order valence-corrected chi connectivity index (χ2v) is 5.43. The maximum Gasteiger partial charge on any atom is 0.144 e. The van der Waals surface area contributed by atoms with Crippen LogP contribution in [-0.4, -0.2) is 13.7 Å². The van der Waals surface area contributed by atoms with Gasteiger partial charge in [-0.15, -0.1) is 0 Å². The zero-order valence-electron chi connectivity index (χ0n) is 12.2. The van der Waals surface area contributed by atoms with E-state index in [2.05, 4.69) is 28.2 Å². The molecule has 112 valence electrons. The van der Waals surface area contributed by atoms with Crippen LogP contribution >= 0.6 is 15.9 Å². The van der Waals surface area contributed by atoms with Gasteiger partial charge in [-0.25, -0.2) is 0 Å². The van der Waals surface area contributed by atoms with Crippen molar-refractivity contribution in [3.63, 3.8) is 0 Å². The number of anilines is 3. The molecule has 0 amide bonds. The quantitative estimate of drug-likeness (QED) is 0.749. The van der Waals surface area contributed by atoms with Gasteiger partial charge in [0.15, 0.2) is 0 Å². The van der Waals surface area contributed by atoms with Crippen molar-refractivity contribution in [3.8, 4) is 11.5 Å². The van der Waals surface area contributed by atoms with E-state index in [0.717, 1.165) is 28.0 Å². The zero-order chi connectivity index (χ0) is 15.2. The van der Waals surface area contributed by atoms with Crippen LogP contribution in [0, 0.1) is 0 Å². The predicted molar refractivity (Wildman–Crippen MR) is 90.6 cm³/mol. The van der Waals surface area contributed by atoms with E-state index in [4.69, 9.17) is 15.2 Å². The van der Waals surface area contributed by atoms with Crippen molar-refractivity contribution in [2.45, 2.75) is 13.3 Å². The second kappa shape index (κ2) is 7.22. The van der Waals surface area contributed by atoms with E-state index in [1.54, 1.807) is 7.11 Å². The fraction of sp³-hybridized carbons (Fsp3) is 0.250. The lowest BCUT2D eigenvalue weighted by atomic mass is 10.2. The summed E-state index contributed by atoms with van der Waals surface area (Å²) in [5, 5.41) is 3.31. The zero-order valence-corrected chi connectivity index (χ0v) is 13.7. The number of halogens is 1. The highest BCUT2D eigenvalue weighted by atomic mass is 79.9. The van der Waals surface area contributed by atoms with Gasteiger partial charge in [0.25, 0.3) is 0 Å². The average Bonchev–Trinajstić information content (AvgIpc) is 2.49. The Labute approximate surface area is 133 Å². The molecule has 21 heavy (non-hydrogen) atoms. The molecule has 3 N–H and O–H groups in total. The Hall–Kier alpha value is -1.88. The molecule has 4 nitrogen and oxygen atoms in total.